The van der Waals surface area contributed by atoms with Crippen molar-refractivity contribution in [3.05, 3.63) is 72.2 Å². The first-order chi connectivity index (χ1) is 12.6. The normalized spacial score (nSPS) is 11.8. The molecule has 132 valence electrons. The highest BCUT2D eigenvalue weighted by atomic mass is 16.6. The second-order valence-electron chi connectivity index (χ2n) is 6.09. The lowest BCUT2D eigenvalue weighted by molar-refractivity contribution is -0.116. The van der Waals surface area contributed by atoms with Crippen LogP contribution in [0, 0.1) is 0 Å². The number of carbonyl (C=O) groups excluding carboxylic acids is 1. The Morgan fingerprint density at radius 2 is 1.42 bits per heavy atom. The minimum Gasteiger partial charge on any atom is -0.464 e. The lowest BCUT2D eigenvalue weighted by Crippen LogP contribution is -2.49. The van der Waals surface area contributed by atoms with Gasteiger partial charge in [0.15, 0.2) is 0 Å². The first kappa shape index (κ1) is 16.2. The number of rotatable bonds is 3. The molecule has 7 nitrogen and oxygen atoms in total. The summed E-state index contributed by atoms with van der Waals surface area (Å²) < 4.78 is 11.2. The highest BCUT2D eigenvalue weighted by Crippen LogP contribution is 2.43. The predicted molar refractivity (Wildman–Crippen MR) is 92.8 cm³/mol. The number of furan rings is 2. The first-order valence-corrected chi connectivity index (χ1v) is 7.94. The highest BCUT2D eigenvalue weighted by Gasteiger charge is 2.43. The smallest absolute Gasteiger partial charge is 0.365 e. The molecule has 0 spiro atoms. The van der Waals surface area contributed by atoms with Gasteiger partial charge in [0.2, 0.25) is 0 Å². The lowest BCUT2D eigenvalue weighted by atomic mass is 9.84. The fourth-order valence-corrected chi connectivity index (χ4v) is 3.33. The van der Waals surface area contributed by atoms with Gasteiger partial charge in [-0.2, -0.15) is 5.06 Å². The van der Waals surface area contributed by atoms with Crippen LogP contribution in [0.15, 0.2) is 69.9 Å². The number of nitrogens with zero attached hydrogens (tertiary/aromatic N) is 1. The van der Waals surface area contributed by atoms with Crippen molar-refractivity contribution in [2.75, 3.05) is 0 Å². The van der Waals surface area contributed by atoms with E-state index in [2.05, 4.69) is 0 Å². The Kier molecular flexibility index (Phi) is 3.68. The summed E-state index contributed by atoms with van der Waals surface area (Å²) in [5, 5.41) is 21.6. The molecule has 0 fully saturated rings. The molecule has 0 aliphatic heterocycles. The maximum atomic E-state index is 12.1. The number of hydrogen-bond donors (Lipinski definition) is 3. The summed E-state index contributed by atoms with van der Waals surface area (Å²) in [6.07, 6.45) is 2.97. The molecule has 0 radical (unpaired) electrons. The average molecular weight is 352 g/mol. The molecule has 26 heavy (non-hydrogen) atoms. The van der Waals surface area contributed by atoms with Crippen LogP contribution < -0.4 is 5.48 Å². The summed E-state index contributed by atoms with van der Waals surface area (Å²) in [6.45, 7) is 1.65. The maximum absolute atomic E-state index is 12.1. The van der Waals surface area contributed by atoms with Crippen molar-refractivity contribution < 1.29 is 24.0 Å². The number of benzene rings is 2. The average Bonchev–Trinajstić information content (AvgIpc) is 3.31. The van der Waals surface area contributed by atoms with Crippen LogP contribution in [-0.4, -0.2) is 21.5 Å². The number of nitrogens with one attached hydrogen (secondary N) is 1. The van der Waals surface area contributed by atoms with Crippen molar-refractivity contribution in [3.8, 4) is 0 Å². The van der Waals surface area contributed by atoms with Crippen molar-refractivity contribution >= 4 is 28.0 Å². The first-order valence-electron chi connectivity index (χ1n) is 7.94. The number of para-hydroxylation sites is 2. The number of carbonyl (C=O) groups is 1. The Bertz CT molecular complexity index is 1020. The van der Waals surface area contributed by atoms with Crippen LogP contribution in [0.25, 0.3) is 21.9 Å². The van der Waals surface area contributed by atoms with E-state index in [9.17, 15) is 10.0 Å². The van der Waals surface area contributed by atoms with E-state index in [0.29, 0.717) is 27.4 Å². The highest BCUT2D eigenvalue weighted by molar-refractivity contribution is 5.88. The van der Waals surface area contributed by atoms with Gasteiger partial charge in [-0.3, -0.25) is 10.4 Å². The van der Waals surface area contributed by atoms with Gasteiger partial charge in [-0.05, 0) is 19.1 Å². The molecule has 2 amide bonds. The minimum absolute atomic E-state index is 0.432. The molecule has 0 aliphatic rings. The molecule has 0 unspecified atom stereocenters. The third-order valence-corrected chi connectivity index (χ3v) is 4.72. The fraction of sp³-hybridized carbons (Fsp3) is 0.105. The van der Waals surface area contributed by atoms with Gasteiger partial charge in [-0.15, -0.1) is 0 Å². The summed E-state index contributed by atoms with van der Waals surface area (Å²) in [4.78, 5) is 12.1. The third-order valence-electron chi connectivity index (χ3n) is 4.72. The zero-order valence-corrected chi connectivity index (χ0v) is 13.8. The van der Waals surface area contributed by atoms with E-state index < -0.39 is 11.6 Å². The molecular weight excluding hydrogens is 336 g/mol. The Balaban J connectivity index is 2.03. The Hall–Kier alpha value is -3.29. The standard InChI is InChI=1S/C19H16N2O5/c1-19(21(24)18(22)20-23,14-10-25-16-8-4-2-6-12(14)16)15-11-26-17-9-5-3-7-13(15)17/h2-11,23-24H,1H3,(H,20,22). The quantitative estimate of drug-likeness (QED) is 0.378. The Morgan fingerprint density at radius 3 is 1.88 bits per heavy atom. The molecule has 2 heterocycles. The zero-order chi connectivity index (χ0) is 18.3. The van der Waals surface area contributed by atoms with E-state index in [4.69, 9.17) is 14.0 Å². The fourth-order valence-electron chi connectivity index (χ4n) is 3.33. The van der Waals surface area contributed by atoms with Crippen molar-refractivity contribution in [3.63, 3.8) is 0 Å². The van der Waals surface area contributed by atoms with Gasteiger partial charge in [-0.1, -0.05) is 36.4 Å². The van der Waals surface area contributed by atoms with E-state index in [1.165, 1.54) is 18.0 Å². The Morgan fingerprint density at radius 1 is 0.962 bits per heavy atom. The molecule has 0 saturated heterocycles. The molecule has 7 heteroatoms. The third kappa shape index (κ3) is 2.18. The topological polar surface area (TPSA) is 99.1 Å². The molecule has 0 atom stereocenters. The van der Waals surface area contributed by atoms with Gasteiger partial charge in [0.05, 0.1) is 12.5 Å². The van der Waals surface area contributed by atoms with Crippen molar-refractivity contribution in [1.82, 2.24) is 10.5 Å². The predicted octanol–water partition coefficient (Wildman–Crippen LogP) is 4.23. The van der Waals surface area contributed by atoms with Crippen LogP contribution in [0.1, 0.15) is 18.1 Å². The van der Waals surface area contributed by atoms with Gasteiger partial charge in [-0.25, -0.2) is 10.3 Å². The number of amides is 2. The number of urea groups is 1. The van der Waals surface area contributed by atoms with Crippen LogP contribution in [0.4, 0.5) is 4.79 Å². The van der Waals surface area contributed by atoms with Crippen LogP contribution in [0.2, 0.25) is 0 Å². The van der Waals surface area contributed by atoms with E-state index in [1.54, 1.807) is 19.1 Å². The number of hydroxylamine groups is 3. The van der Waals surface area contributed by atoms with Crippen molar-refractivity contribution in [1.29, 1.82) is 0 Å². The molecule has 3 N–H and O–H groups in total. The van der Waals surface area contributed by atoms with E-state index in [0.717, 1.165) is 10.8 Å². The van der Waals surface area contributed by atoms with Crippen LogP contribution in [-0.2, 0) is 5.54 Å². The number of hydrogen-bond acceptors (Lipinski definition) is 5. The van der Waals surface area contributed by atoms with Gasteiger partial charge in [0.1, 0.15) is 16.7 Å². The minimum atomic E-state index is -1.38. The molecule has 4 aromatic rings. The summed E-state index contributed by atoms with van der Waals surface area (Å²) in [6, 6.07) is 13.5. The van der Waals surface area contributed by atoms with E-state index in [-0.39, 0.29) is 0 Å². The van der Waals surface area contributed by atoms with Crippen LogP contribution >= 0.6 is 0 Å². The molecule has 4 rings (SSSR count). The molecule has 2 aromatic carbocycles. The maximum Gasteiger partial charge on any atom is 0.365 e. The van der Waals surface area contributed by atoms with Crippen molar-refractivity contribution in [2.45, 2.75) is 12.5 Å². The van der Waals surface area contributed by atoms with Crippen LogP contribution in [0.5, 0.6) is 0 Å². The molecule has 0 aliphatic carbocycles. The van der Waals surface area contributed by atoms with Crippen LogP contribution in [0.3, 0.4) is 0 Å². The largest absolute Gasteiger partial charge is 0.464 e. The van der Waals surface area contributed by atoms with E-state index >= 15 is 0 Å². The van der Waals surface area contributed by atoms with E-state index in [1.807, 2.05) is 36.4 Å². The van der Waals surface area contributed by atoms with Gasteiger partial charge >= 0.3 is 6.03 Å². The molecular formula is C19H16N2O5. The van der Waals surface area contributed by atoms with Crippen molar-refractivity contribution in [2.24, 2.45) is 0 Å². The van der Waals surface area contributed by atoms with Gasteiger partial charge in [0.25, 0.3) is 0 Å². The summed E-state index contributed by atoms with van der Waals surface area (Å²) in [5.74, 6) is 0. The summed E-state index contributed by atoms with van der Waals surface area (Å²) >= 11 is 0. The second kappa shape index (κ2) is 5.91. The second-order valence-corrected chi connectivity index (χ2v) is 6.09. The monoisotopic (exact) mass is 352 g/mol. The van der Waals surface area contributed by atoms with Gasteiger partial charge < -0.3 is 8.83 Å². The lowest BCUT2D eigenvalue weighted by Gasteiger charge is -2.35. The van der Waals surface area contributed by atoms with Gasteiger partial charge in [0, 0.05) is 21.9 Å². The number of fused-ring (bicyclic) bond motifs is 2. The molecule has 0 bridgehead atoms. The molecule has 2 aromatic heterocycles. The summed E-state index contributed by atoms with van der Waals surface area (Å²) in [7, 11) is 0. The zero-order valence-electron chi connectivity index (χ0n) is 13.8. The molecule has 0 saturated carbocycles. The summed E-state index contributed by atoms with van der Waals surface area (Å²) in [5.41, 5.74) is 2.40. The SMILES string of the molecule is CC(c1coc2ccccc12)(c1coc2ccccc12)N(O)C(=O)NO. The Labute approximate surface area is 148 Å².